The molecule has 2 fully saturated rings. The molecule has 6 nitrogen and oxygen atoms in total. The van der Waals surface area contributed by atoms with Gasteiger partial charge in [-0.1, -0.05) is 57.0 Å². The van der Waals surface area contributed by atoms with E-state index in [-0.39, 0.29) is 30.0 Å². The van der Waals surface area contributed by atoms with Crippen LogP contribution in [0.3, 0.4) is 0 Å². The van der Waals surface area contributed by atoms with E-state index in [0.717, 1.165) is 37.8 Å². The molecule has 2 saturated carbocycles. The van der Waals surface area contributed by atoms with E-state index in [2.05, 4.69) is 12.1 Å². The van der Waals surface area contributed by atoms with Crippen molar-refractivity contribution in [2.75, 3.05) is 6.61 Å². The third kappa shape index (κ3) is 7.07. The maximum Gasteiger partial charge on any atom is 0.344 e. The minimum atomic E-state index is -1.03. The Bertz CT molecular complexity index is 481. The van der Waals surface area contributed by atoms with E-state index in [0.29, 0.717) is 6.42 Å². The van der Waals surface area contributed by atoms with E-state index in [1.54, 1.807) is 0 Å². The average Bonchev–Trinajstić information content (AvgIpc) is 2.86. The van der Waals surface area contributed by atoms with Crippen molar-refractivity contribution in [3.8, 4) is 0 Å². The molecule has 0 aromatic rings. The van der Waals surface area contributed by atoms with Crippen molar-refractivity contribution >= 4 is 11.7 Å². The summed E-state index contributed by atoms with van der Waals surface area (Å²) in [6.07, 6.45) is 12.2. The lowest BCUT2D eigenvalue weighted by Gasteiger charge is -2.33. The molecule has 5 atom stereocenters. The second-order valence-electron chi connectivity index (χ2n) is 8.35. The van der Waals surface area contributed by atoms with Gasteiger partial charge in [0.05, 0.1) is 17.9 Å². The third-order valence-electron chi connectivity index (χ3n) is 6.25. The fourth-order valence-corrected chi connectivity index (χ4v) is 4.56. The number of aliphatic hydroxyl groups excluding tert-OH is 2. The average molecular weight is 384 g/mol. The summed E-state index contributed by atoms with van der Waals surface area (Å²) in [4.78, 5) is 15.3. The van der Waals surface area contributed by atoms with Gasteiger partial charge in [0, 0.05) is 5.92 Å². The van der Waals surface area contributed by atoms with Gasteiger partial charge in [0.1, 0.15) is 0 Å². The van der Waals surface area contributed by atoms with Gasteiger partial charge in [-0.2, -0.15) is 0 Å². The van der Waals surface area contributed by atoms with Crippen LogP contribution in [-0.4, -0.2) is 45.8 Å². The number of hydrogen-bond acceptors (Lipinski definition) is 5. The minimum absolute atomic E-state index is 0.205. The van der Waals surface area contributed by atoms with E-state index in [4.69, 9.17) is 9.94 Å². The summed E-state index contributed by atoms with van der Waals surface area (Å²) >= 11 is 0. The molecule has 0 saturated heterocycles. The molecule has 3 N–H and O–H groups in total. The lowest BCUT2D eigenvalue weighted by molar-refractivity contribution is -0.142. The van der Waals surface area contributed by atoms with Gasteiger partial charge in [-0.3, -0.25) is 0 Å². The summed E-state index contributed by atoms with van der Waals surface area (Å²) < 4.78 is 0. The van der Waals surface area contributed by atoms with Gasteiger partial charge in [-0.15, -0.1) is 0 Å². The molecule has 156 valence electrons. The number of oxime groups is 1. The van der Waals surface area contributed by atoms with Crippen molar-refractivity contribution in [2.24, 2.45) is 22.9 Å². The molecule has 0 spiro atoms. The Labute approximate surface area is 163 Å². The van der Waals surface area contributed by atoms with Crippen LogP contribution in [-0.2, 0) is 9.63 Å². The summed E-state index contributed by atoms with van der Waals surface area (Å²) in [7, 11) is 0. The number of fused-ring (bicyclic) bond motifs is 1. The number of aliphatic hydroxyl groups is 2. The minimum Gasteiger partial charge on any atom is -0.479 e. The maximum atomic E-state index is 10.5. The van der Waals surface area contributed by atoms with Crippen LogP contribution < -0.4 is 0 Å². The topological polar surface area (TPSA) is 99.4 Å². The van der Waals surface area contributed by atoms with Crippen LogP contribution >= 0.6 is 0 Å². The molecule has 0 amide bonds. The van der Waals surface area contributed by atoms with Crippen LogP contribution in [0, 0.1) is 17.8 Å². The predicted octanol–water partition coefficient (Wildman–Crippen LogP) is 3.74. The molecule has 0 heterocycles. The van der Waals surface area contributed by atoms with E-state index < -0.39 is 12.6 Å². The molecule has 5 unspecified atom stereocenters. The highest BCUT2D eigenvalue weighted by molar-refractivity contribution is 5.93. The van der Waals surface area contributed by atoms with Crippen LogP contribution in [0.2, 0.25) is 0 Å². The first kappa shape index (κ1) is 22.2. The highest BCUT2D eigenvalue weighted by Crippen LogP contribution is 2.49. The molecule has 2 rings (SSSR count). The SMILES string of the molecule is CCCCCCCCCC(O)CCC1CC2C(=NOCC(=O)O)CC2C1O. The van der Waals surface area contributed by atoms with Gasteiger partial charge in [-0.05, 0) is 43.9 Å². The zero-order chi connectivity index (χ0) is 19.6. The Kier molecular flexibility index (Phi) is 9.56. The third-order valence-corrected chi connectivity index (χ3v) is 6.25. The Morgan fingerprint density at radius 3 is 2.59 bits per heavy atom. The molecule has 27 heavy (non-hydrogen) atoms. The van der Waals surface area contributed by atoms with Gasteiger partial charge in [0.15, 0.2) is 0 Å². The smallest absolute Gasteiger partial charge is 0.344 e. The fourth-order valence-electron chi connectivity index (χ4n) is 4.56. The van der Waals surface area contributed by atoms with Gasteiger partial charge in [0.25, 0.3) is 0 Å². The summed E-state index contributed by atoms with van der Waals surface area (Å²) in [6.45, 7) is 1.81. The van der Waals surface area contributed by atoms with Crippen molar-refractivity contribution in [3.63, 3.8) is 0 Å². The molecule has 0 aromatic heterocycles. The maximum absolute atomic E-state index is 10.5. The molecule has 0 aromatic carbocycles. The lowest BCUT2D eigenvalue weighted by atomic mass is 9.73. The van der Waals surface area contributed by atoms with E-state index in [1.807, 2.05) is 0 Å². The van der Waals surface area contributed by atoms with Crippen molar-refractivity contribution in [1.29, 1.82) is 0 Å². The molecule has 0 bridgehead atoms. The highest BCUT2D eigenvalue weighted by atomic mass is 16.6. The molecule has 2 aliphatic carbocycles. The molecule has 6 heteroatoms. The number of carboxylic acids is 1. The van der Waals surface area contributed by atoms with Gasteiger partial charge in [-0.25, -0.2) is 4.79 Å². The summed E-state index contributed by atoms with van der Waals surface area (Å²) in [5.41, 5.74) is 0.881. The zero-order valence-corrected chi connectivity index (χ0v) is 16.7. The summed E-state index contributed by atoms with van der Waals surface area (Å²) in [5, 5.41) is 33.2. The van der Waals surface area contributed by atoms with E-state index >= 15 is 0 Å². The summed E-state index contributed by atoms with van der Waals surface area (Å²) in [5.74, 6) is -0.383. The van der Waals surface area contributed by atoms with Crippen LogP contribution in [0.5, 0.6) is 0 Å². The van der Waals surface area contributed by atoms with E-state index in [9.17, 15) is 15.0 Å². The number of carboxylic acid groups (broad SMARTS) is 1. The van der Waals surface area contributed by atoms with Crippen molar-refractivity contribution in [2.45, 2.75) is 96.2 Å². The summed E-state index contributed by atoms with van der Waals surface area (Å²) in [6, 6.07) is 0. The Hall–Kier alpha value is -1.14. The molecule has 0 aliphatic heterocycles. The zero-order valence-electron chi connectivity index (χ0n) is 16.7. The largest absolute Gasteiger partial charge is 0.479 e. The van der Waals surface area contributed by atoms with Gasteiger partial charge in [0.2, 0.25) is 6.61 Å². The first-order valence-electron chi connectivity index (χ1n) is 10.8. The van der Waals surface area contributed by atoms with Crippen LogP contribution in [0.15, 0.2) is 5.16 Å². The number of aliphatic carboxylic acids is 1. The lowest BCUT2D eigenvalue weighted by Crippen LogP contribution is -2.38. The number of rotatable bonds is 14. The number of hydrogen-bond donors (Lipinski definition) is 3. The second-order valence-corrected chi connectivity index (χ2v) is 8.35. The van der Waals surface area contributed by atoms with Crippen LogP contribution in [0.1, 0.15) is 84.0 Å². The van der Waals surface area contributed by atoms with Crippen molar-refractivity contribution < 1.29 is 25.0 Å². The van der Waals surface area contributed by atoms with Crippen LogP contribution in [0.25, 0.3) is 0 Å². The number of unbranched alkanes of at least 4 members (excludes halogenated alkanes) is 6. The fraction of sp³-hybridized carbons (Fsp3) is 0.905. The predicted molar refractivity (Wildman–Crippen MR) is 105 cm³/mol. The normalized spacial score (nSPS) is 29.4. The van der Waals surface area contributed by atoms with E-state index in [1.165, 1.54) is 38.5 Å². The Morgan fingerprint density at radius 1 is 1.19 bits per heavy atom. The molecule has 0 radical (unpaired) electrons. The van der Waals surface area contributed by atoms with Gasteiger partial charge >= 0.3 is 5.97 Å². The monoisotopic (exact) mass is 383 g/mol. The van der Waals surface area contributed by atoms with Crippen LogP contribution in [0.4, 0.5) is 0 Å². The first-order valence-corrected chi connectivity index (χ1v) is 10.8. The number of carbonyl (C=O) groups is 1. The van der Waals surface area contributed by atoms with Crippen molar-refractivity contribution in [3.05, 3.63) is 0 Å². The van der Waals surface area contributed by atoms with Crippen molar-refractivity contribution in [1.82, 2.24) is 0 Å². The molecule has 2 aliphatic rings. The number of nitrogens with zero attached hydrogens (tertiary/aromatic N) is 1. The quantitative estimate of drug-likeness (QED) is 0.313. The first-order chi connectivity index (χ1) is 13.0. The second kappa shape index (κ2) is 11.6. The standard InChI is InChI=1S/C21H37NO5/c1-2-3-4-5-6-7-8-9-16(23)11-10-15-12-17-18(21(15)26)13-19(17)22-27-14-20(24)25/h15-18,21,23,26H,2-14H2,1H3,(H,24,25). The Morgan fingerprint density at radius 2 is 1.89 bits per heavy atom. The highest BCUT2D eigenvalue weighted by Gasteiger charge is 2.51. The van der Waals surface area contributed by atoms with Gasteiger partial charge < -0.3 is 20.2 Å². The molecular formula is C21H37NO5. The molecular weight excluding hydrogens is 346 g/mol. The Balaban J connectivity index is 1.58.